The van der Waals surface area contributed by atoms with E-state index in [1.165, 1.54) is 36.8 Å². The third kappa shape index (κ3) is 4.70. The first-order chi connectivity index (χ1) is 10.6. The fourth-order valence-corrected chi connectivity index (χ4v) is 2.79. The maximum atomic E-state index is 12.2. The highest BCUT2D eigenvalue weighted by molar-refractivity contribution is 5.83. The first-order valence-electron chi connectivity index (χ1n) is 8.29. The van der Waals surface area contributed by atoms with Gasteiger partial charge in [0.15, 0.2) is 0 Å². The maximum Gasteiger partial charge on any atom is 0.227 e. The normalized spacial score (nSPS) is 16.3. The van der Waals surface area contributed by atoms with Gasteiger partial charge in [-0.05, 0) is 63.4 Å². The van der Waals surface area contributed by atoms with E-state index in [1.807, 2.05) is 21.0 Å². The van der Waals surface area contributed by atoms with Crippen LogP contribution < -0.4 is 5.32 Å². The minimum absolute atomic E-state index is 0.100. The lowest BCUT2D eigenvalue weighted by Crippen LogP contribution is -2.33. The lowest BCUT2D eigenvalue weighted by molar-refractivity contribution is -0.122. The van der Waals surface area contributed by atoms with Crippen molar-refractivity contribution in [2.24, 2.45) is 0 Å². The van der Waals surface area contributed by atoms with Crippen LogP contribution in [-0.2, 0) is 4.79 Å². The fraction of sp³-hybridized carbons (Fsp3) is 0.526. The number of likely N-dealkylation sites (N-methyl/N-ethyl adjacent to an activating group) is 1. The number of nitrogens with one attached hydrogen (secondary N) is 1. The van der Waals surface area contributed by atoms with E-state index in [9.17, 15) is 4.79 Å². The Bertz CT molecular complexity index is 517. The molecule has 1 atom stereocenters. The van der Waals surface area contributed by atoms with Crippen molar-refractivity contribution in [2.75, 3.05) is 27.2 Å². The van der Waals surface area contributed by atoms with Gasteiger partial charge in [-0.1, -0.05) is 30.3 Å². The highest BCUT2D eigenvalue weighted by Gasteiger charge is 2.15. The maximum absolute atomic E-state index is 12.2. The highest BCUT2D eigenvalue weighted by Crippen LogP contribution is 2.27. The lowest BCUT2D eigenvalue weighted by atomic mass is 9.91. The van der Waals surface area contributed by atoms with Gasteiger partial charge in [0.05, 0.1) is 5.92 Å². The molecular formula is C19H28N2O. The first-order valence-corrected chi connectivity index (χ1v) is 8.29. The van der Waals surface area contributed by atoms with E-state index in [2.05, 4.69) is 40.6 Å². The average molecular weight is 300 g/mol. The molecule has 3 nitrogen and oxygen atoms in total. The molecule has 2 rings (SSSR count). The lowest BCUT2D eigenvalue weighted by Gasteiger charge is -2.16. The van der Waals surface area contributed by atoms with Gasteiger partial charge in [-0.3, -0.25) is 4.79 Å². The number of benzene rings is 1. The van der Waals surface area contributed by atoms with Gasteiger partial charge in [0.25, 0.3) is 0 Å². The van der Waals surface area contributed by atoms with E-state index < -0.39 is 0 Å². The predicted molar refractivity (Wildman–Crippen MR) is 92.9 cm³/mol. The van der Waals surface area contributed by atoms with Crippen LogP contribution in [0.2, 0.25) is 0 Å². The van der Waals surface area contributed by atoms with E-state index in [1.54, 1.807) is 0 Å². The quantitative estimate of drug-likeness (QED) is 0.873. The van der Waals surface area contributed by atoms with Crippen LogP contribution in [0.3, 0.4) is 0 Å². The minimum atomic E-state index is -0.100. The van der Waals surface area contributed by atoms with Gasteiger partial charge in [-0.25, -0.2) is 0 Å². The number of carbonyl (C=O) groups excluding carboxylic acids is 1. The number of carbonyl (C=O) groups is 1. The second-order valence-electron chi connectivity index (χ2n) is 6.41. The van der Waals surface area contributed by atoms with Crippen molar-refractivity contribution in [1.29, 1.82) is 0 Å². The summed E-state index contributed by atoms with van der Waals surface area (Å²) in [5.41, 5.74) is 3.85. The molecule has 0 aliphatic heterocycles. The molecule has 1 aromatic carbocycles. The van der Waals surface area contributed by atoms with E-state index in [4.69, 9.17) is 0 Å². The molecule has 1 aromatic rings. The Balaban J connectivity index is 1.94. The molecule has 1 N–H and O–H groups in total. The van der Waals surface area contributed by atoms with Crippen LogP contribution in [0.15, 0.2) is 30.3 Å². The fourth-order valence-electron chi connectivity index (χ4n) is 2.79. The molecule has 1 aliphatic rings. The van der Waals surface area contributed by atoms with Crippen molar-refractivity contribution >= 4 is 11.5 Å². The van der Waals surface area contributed by atoms with Gasteiger partial charge in [-0.15, -0.1) is 0 Å². The third-order valence-electron chi connectivity index (χ3n) is 4.32. The monoisotopic (exact) mass is 300 g/mol. The molecule has 120 valence electrons. The smallest absolute Gasteiger partial charge is 0.227 e. The SMILES string of the molecule is CC(C(=O)NCCN(C)C)c1ccc(C2=CCCCC2)cc1. The topological polar surface area (TPSA) is 32.3 Å². The molecule has 0 spiro atoms. The number of hydrogen-bond acceptors (Lipinski definition) is 2. The van der Waals surface area contributed by atoms with Crippen LogP contribution in [0, 0.1) is 0 Å². The first kappa shape index (κ1) is 16.8. The van der Waals surface area contributed by atoms with E-state index in [-0.39, 0.29) is 11.8 Å². The molecule has 0 saturated heterocycles. The molecule has 0 aromatic heterocycles. The van der Waals surface area contributed by atoms with Gasteiger partial charge < -0.3 is 10.2 Å². The zero-order valence-electron chi connectivity index (χ0n) is 14.1. The van der Waals surface area contributed by atoms with Crippen LogP contribution >= 0.6 is 0 Å². The summed E-state index contributed by atoms with van der Waals surface area (Å²) in [4.78, 5) is 14.2. The Labute approximate surface area is 134 Å². The van der Waals surface area contributed by atoms with E-state index in [0.717, 1.165) is 12.1 Å². The molecule has 0 fully saturated rings. The standard InChI is InChI=1S/C19H28N2O/c1-15(19(22)20-13-14-21(2)3)16-9-11-18(12-10-16)17-7-5-4-6-8-17/h7,9-12,15H,4-6,8,13-14H2,1-3H3,(H,20,22). The van der Waals surface area contributed by atoms with E-state index in [0.29, 0.717) is 6.54 Å². The Kier molecular flexibility index (Phi) is 6.20. The summed E-state index contributed by atoms with van der Waals surface area (Å²) in [6.07, 6.45) is 7.33. The number of allylic oxidation sites excluding steroid dienone is 2. The number of hydrogen-bond donors (Lipinski definition) is 1. The van der Waals surface area contributed by atoms with Crippen LogP contribution in [0.5, 0.6) is 0 Å². The Morgan fingerprint density at radius 2 is 1.95 bits per heavy atom. The molecule has 3 heteroatoms. The molecule has 1 amide bonds. The summed E-state index contributed by atoms with van der Waals surface area (Å²) >= 11 is 0. The summed E-state index contributed by atoms with van der Waals surface area (Å²) in [5, 5.41) is 3.00. The van der Waals surface area contributed by atoms with Gasteiger partial charge in [0, 0.05) is 13.1 Å². The molecular weight excluding hydrogens is 272 g/mol. The molecule has 1 unspecified atom stereocenters. The largest absolute Gasteiger partial charge is 0.354 e. The second kappa shape index (κ2) is 8.14. The zero-order valence-corrected chi connectivity index (χ0v) is 14.1. The number of amides is 1. The van der Waals surface area contributed by atoms with Crippen LogP contribution in [0.25, 0.3) is 5.57 Å². The number of nitrogens with zero attached hydrogens (tertiary/aromatic N) is 1. The molecule has 1 aliphatic carbocycles. The van der Waals surface area contributed by atoms with Gasteiger partial charge >= 0.3 is 0 Å². The van der Waals surface area contributed by atoms with Gasteiger partial charge in [0.2, 0.25) is 5.91 Å². The van der Waals surface area contributed by atoms with Crippen LogP contribution in [-0.4, -0.2) is 38.0 Å². The summed E-state index contributed by atoms with van der Waals surface area (Å²) < 4.78 is 0. The van der Waals surface area contributed by atoms with Crippen molar-refractivity contribution in [1.82, 2.24) is 10.2 Å². The Morgan fingerprint density at radius 1 is 1.23 bits per heavy atom. The third-order valence-corrected chi connectivity index (χ3v) is 4.32. The molecule has 0 saturated carbocycles. The summed E-state index contributed by atoms with van der Waals surface area (Å²) in [6.45, 7) is 3.53. The summed E-state index contributed by atoms with van der Waals surface area (Å²) in [7, 11) is 4.02. The summed E-state index contributed by atoms with van der Waals surface area (Å²) in [6, 6.07) is 8.52. The molecule has 0 bridgehead atoms. The average Bonchev–Trinajstić information content (AvgIpc) is 2.54. The summed E-state index contributed by atoms with van der Waals surface area (Å²) in [5.74, 6) is 0.00281. The van der Waals surface area contributed by atoms with Crippen molar-refractivity contribution in [3.63, 3.8) is 0 Å². The van der Waals surface area contributed by atoms with Crippen LogP contribution in [0.1, 0.15) is 49.7 Å². The van der Waals surface area contributed by atoms with Crippen molar-refractivity contribution in [3.8, 4) is 0 Å². The van der Waals surface area contributed by atoms with Crippen molar-refractivity contribution < 1.29 is 4.79 Å². The number of rotatable bonds is 6. The zero-order chi connectivity index (χ0) is 15.9. The predicted octanol–water partition coefficient (Wildman–Crippen LogP) is 3.43. The van der Waals surface area contributed by atoms with E-state index >= 15 is 0 Å². The van der Waals surface area contributed by atoms with Gasteiger partial charge in [0.1, 0.15) is 0 Å². The second-order valence-corrected chi connectivity index (χ2v) is 6.41. The van der Waals surface area contributed by atoms with Crippen molar-refractivity contribution in [3.05, 3.63) is 41.5 Å². The Hall–Kier alpha value is -1.61. The van der Waals surface area contributed by atoms with Gasteiger partial charge in [-0.2, -0.15) is 0 Å². The van der Waals surface area contributed by atoms with Crippen molar-refractivity contribution in [2.45, 2.75) is 38.5 Å². The molecule has 22 heavy (non-hydrogen) atoms. The minimum Gasteiger partial charge on any atom is -0.354 e. The molecule has 0 heterocycles. The Morgan fingerprint density at radius 3 is 2.55 bits per heavy atom. The molecule has 0 radical (unpaired) electrons. The highest BCUT2D eigenvalue weighted by atomic mass is 16.1. The van der Waals surface area contributed by atoms with Crippen LogP contribution in [0.4, 0.5) is 0 Å².